The number of halogens is 1. The summed E-state index contributed by atoms with van der Waals surface area (Å²) in [6.07, 6.45) is 0. The third kappa shape index (κ3) is 1.67. The predicted octanol–water partition coefficient (Wildman–Crippen LogP) is 3.58. The molecule has 0 aliphatic heterocycles. The summed E-state index contributed by atoms with van der Waals surface area (Å²) in [7, 11) is 1.67. The smallest absolute Gasteiger partial charge is 0.128 e. The number of rotatable bonds is 2. The van der Waals surface area contributed by atoms with Crippen molar-refractivity contribution in [3.05, 3.63) is 33.6 Å². The van der Waals surface area contributed by atoms with E-state index in [0.29, 0.717) is 0 Å². The van der Waals surface area contributed by atoms with Gasteiger partial charge >= 0.3 is 0 Å². The Morgan fingerprint density at radius 2 is 2.14 bits per heavy atom. The fourth-order valence-electron chi connectivity index (χ4n) is 1.25. The molecule has 0 N–H and O–H groups in total. The van der Waals surface area contributed by atoms with E-state index >= 15 is 0 Å². The van der Waals surface area contributed by atoms with E-state index in [2.05, 4.69) is 20.9 Å². The summed E-state index contributed by atoms with van der Waals surface area (Å²) < 4.78 is 6.30. The maximum Gasteiger partial charge on any atom is 0.128 e. The second-order valence-corrected chi connectivity index (χ2v) is 4.85. The van der Waals surface area contributed by atoms with Gasteiger partial charge in [-0.3, -0.25) is 0 Å². The number of thiazole rings is 1. The summed E-state index contributed by atoms with van der Waals surface area (Å²) in [6, 6.07) is 7.85. The Morgan fingerprint density at radius 3 is 2.79 bits per heavy atom. The third-order valence-electron chi connectivity index (χ3n) is 1.89. The first-order valence-electron chi connectivity index (χ1n) is 4.05. The lowest BCUT2D eigenvalue weighted by Gasteiger charge is -2.05. The molecule has 4 heteroatoms. The first-order chi connectivity index (χ1) is 6.83. The highest BCUT2D eigenvalue weighted by Gasteiger charge is 2.10. The highest BCUT2D eigenvalue weighted by atomic mass is 79.9. The van der Waals surface area contributed by atoms with Crippen molar-refractivity contribution >= 4 is 27.3 Å². The molecule has 2 nitrogen and oxygen atoms in total. The summed E-state index contributed by atoms with van der Waals surface area (Å²) >= 11 is 5.04. The molecule has 0 bridgehead atoms. The van der Waals surface area contributed by atoms with E-state index in [-0.39, 0.29) is 0 Å². The van der Waals surface area contributed by atoms with Crippen LogP contribution in [0.2, 0.25) is 0 Å². The number of nitrogens with zero attached hydrogens (tertiary/aromatic N) is 1. The number of aromatic nitrogens is 1. The lowest BCUT2D eigenvalue weighted by molar-refractivity contribution is 0.416. The molecule has 0 aliphatic carbocycles. The van der Waals surface area contributed by atoms with Gasteiger partial charge in [-0.15, -0.1) is 11.3 Å². The zero-order valence-corrected chi connectivity index (χ0v) is 9.93. The van der Waals surface area contributed by atoms with Gasteiger partial charge in [0.1, 0.15) is 5.75 Å². The molecule has 0 fully saturated rings. The average Bonchev–Trinajstić information content (AvgIpc) is 2.64. The molecule has 1 aromatic heterocycles. The molecule has 0 aliphatic rings. The zero-order chi connectivity index (χ0) is 9.97. The molecule has 2 rings (SSSR count). The summed E-state index contributed by atoms with van der Waals surface area (Å²) in [6.45, 7) is 0. The number of hydrogen-bond acceptors (Lipinski definition) is 3. The minimum absolute atomic E-state index is 0.846. The van der Waals surface area contributed by atoms with Gasteiger partial charge in [-0.05, 0) is 28.1 Å². The third-order valence-corrected chi connectivity index (χ3v) is 3.43. The van der Waals surface area contributed by atoms with Crippen LogP contribution < -0.4 is 4.74 Å². The number of ether oxygens (including phenoxy) is 1. The summed E-state index contributed by atoms with van der Waals surface area (Å²) in [5.41, 5.74) is 3.77. The molecule has 1 heterocycles. The number of benzene rings is 1. The number of para-hydroxylation sites is 1. The van der Waals surface area contributed by atoms with Crippen molar-refractivity contribution in [3.63, 3.8) is 0 Å². The second kappa shape index (κ2) is 4.11. The van der Waals surface area contributed by atoms with Crippen LogP contribution in [0.4, 0.5) is 0 Å². The van der Waals surface area contributed by atoms with Crippen LogP contribution in [0.5, 0.6) is 5.75 Å². The van der Waals surface area contributed by atoms with E-state index in [1.807, 2.05) is 29.8 Å². The van der Waals surface area contributed by atoms with Gasteiger partial charge < -0.3 is 4.74 Å². The van der Waals surface area contributed by atoms with Crippen LogP contribution >= 0.6 is 27.3 Å². The Morgan fingerprint density at radius 1 is 1.36 bits per heavy atom. The largest absolute Gasteiger partial charge is 0.496 e. The van der Waals surface area contributed by atoms with Crippen LogP contribution in [0.3, 0.4) is 0 Å². The van der Waals surface area contributed by atoms with Crippen LogP contribution in [-0.4, -0.2) is 12.1 Å². The molecule has 72 valence electrons. The van der Waals surface area contributed by atoms with Crippen LogP contribution in [0.1, 0.15) is 0 Å². The van der Waals surface area contributed by atoms with Crippen molar-refractivity contribution in [2.45, 2.75) is 0 Å². The quantitative estimate of drug-likeness (QED) is 0.832. The van der Waals surface area contributed by atoms with Crippen molar-refractivity contribution in [2.75, 3.05) is 7.11 Å². The molecule has 0 saturated carbocycles. The van der Waals surface area contributed by atoms with Crippen LogP contribution in [0, 0.1) is 0 Å². The maximum absolute atomic E-state index is 5.27. The van der Waals surface area contributed by atoms with Gasteiger partial charge in [0.2, 0.25) is 0 Å². The fraction of sp³-hybridized carbons (Fsp3) is 0.100. The first-order valence-corrected chi connectivity index (χ1v) is 5.72. The van der Waals surface area contributed by atoms with Gasteiger partial charge in [-0.1, -0.05) is 12.1 Å². The Balaban J connectivity index is 2.56. The van der Waals surface area contributed by atoms with E-state index in [0.717, 1.165) is 20.8 Å². The SMILES string of the molecule is COc1ccccc1-c1ncsc1Br. The Bertz CT molecular complexity index is 441. The van der Waals surface area contributed by atoms with Gasteiger partial charge in [0.15, 0.2) is 0 Å². The van der Waals surface area contributed by atoms with Gasteiger partial charge in [-0.25, -0.2) is 4.98 Å². The number of hydrogen-bond donors (Lipinski definition) is 0. The molecule has 0 unspecified atom stereocenters. The predicted molar refractivity (Wildman–Crippen MR) is 61.8 cm³/mol. The first kappa shape index (κ1) is 9.68. The molecule has 1 aromatic carbocycles. The van der Waals surface area contributed by atoms with Crippen molar-refractivity contribution in [2.24, 2.45) is 0 Å². The van der Waals surface area contributed by atoms with Crippen LogP contribution in [-0.2, 0) is 0 Å². The molecule has 0 amide bonds. The molecule has 0 radical (unpaired) electrons. The van der Waals surface area contributed by atoms with Crippen LogP contribution in [0.15, 0.2) is 33.6 Å². The Kier molecular flexibility index (Phi) is 2.84. The standard InChI is InChI=1S/C10H8BrNOS/c1-13-8-5-3-2-4-7(8)9-10(11)14-6-12-9/h2-6H,1H3. The molecule has 2 aromatic rings. The van der Waals surface area contributed by atoms with E-state index in [4.69, 9.17) is 4.74 Å². The van der Waals surface area contributed by atoms with Gasteiger partial charge in [0.05, 0.1) is 22.1 Å². The van der Waals surface area contributed by atoms with Gasteiger partial charge in [0.25, 0.3) is 0 Å². The molecule has 0 atom stereocenters. The van der Waals surface area contributed by atoms with E-state index in [1.165, 1.54) is 0 Å². The zero-order valence-electron chi connectivity index (χ0n) is 7.53. The topological polar surface area (TPSA) is 22.1 Å². The maximum atomic E-state index is 5.27. The highest BCUT2D eigenvalue weighted by molar-refractivity contribution is 9.11. The molecule has 14 heavy (non-hydrogen) atoms. The number of methoxy groups -OCH3 is 1. The Hall–Kier alpha value is -0.870. The van der Waals surface area contributed by atoms with Gasteiger partial charge in [-0.2, -0.15) is 0 Å². The second-order valence-electron chi connectivity index (χ2n) is 2.67. The fourth-order valence-corrected chi connectivity index (χ4v) is 2.34. The van der Waals surface area contributed by atoms with E-state index < -0.39 is 0 Å². The van der Waals surface area contributed by atoms with E-state index in [9.17, 15) is 0 Å². The minimum Gasteiger partial charge on any atom is -0.496 e. The van der Waals surface area contributed by atoms with Crippen molar-refractivity contribution in [1.82, 2.24) is 4.98 Å². The van der Waals surface area contributed by atoms with Gasteiger partial charge in [0, 0.05) is 5.56 Å². The Labute approximate surface area is 94.7 Å². The average molecular weight is 270 g/mol. The van der Waals surface area contributed by atoms with Crippen molar-refractivity contribution in [1.29, 1.82) is 0 Å². The summed E-state index contributed by atoms with van der Waals surface area (Å²) in [5, 5.41) is 0. The van der Waals surface area contributed by atoms with E-state index in [1.54, 1.807) is 18.4 Å². The summed E-state index contributed by atoms with van der Waals surface area (Å²) in [4.78, 5) is 4.29. The molecule has 0 saturated heterocycles. The molecular weight excluding hydrogens is 262 g/mol. The minimum atomic E-state index is 0.846. The lowest BCUT2D eigenvalue weighted by Crippen LogP contribution is -1.87. The normalized spacial score (nSPS) is 10.1. The summed E-state index contributed by atoms with van der Waals surface area (Å²) in [5.74, 6) is 0.846. The molecule has 0 spiro atoms. The van der Waals surface area contributed by atoms with Crippen molar-refractivity contribution < 1.29 is 4.74 Å². The molecular formula is C10H8BrNOS. The lowest BCUT2D eigenvalue weighted by atomic mass is 10.1. The monoisotopic (exact) mass is 269 g/mol. The highest BCUT2D eigenvalue weighted by Crippen LogP contribution is 2.35. The van der Waals surface area contributed by atoms with Crippen molar-refractivity contribution in [3.8, 4) is 17.0 Å². The van der Waals surface area contributed by atoms with Crippen LogP contribution in [0.25, 0.3) is 11.3 Å².